The van der Waals surface area contributed by atoms with E-state index < -0.39 is 11.6 Å². The van der Waals surface area contributed by atoms with Gasteiger partial charge in [0.1, 0.15) is 4.32 Å². The number of ether oxygens (including phenoxy) is 1. The Hall–Kier alpha value is -1.91. The topological polar surface area (TPSA) is 41.6 Å². The first-order valence-electron chi connectivity index (χ1n) is 9.30. The second-order valence-electron chi connectivity index (χ2n) is 6.72. The summed E-state index contributed by atoms with van der Waals surface area (Å²) in [5.41, 5.74) is 1.37. The number of nitrogens with one attached hydrogen (secondary N) is 1. The lowest BCUT2D eigenvalue weighted by molar-refractivity contribution is -0.115. The molecule has 0 saturated carbocycles. The largest absolute Gasteiger partial charge is 0.379 e. The van der Waals surface area contributed by atoms with Crippen LogP contribution in [-0.4, -0.2) is 48.0 Å². The van der Waals surface area contributed by atoms with E-state index >= 15 is 0 Å². The number of thioether (sulfide) groups is 1. The molecule has 2 fully saturated rings. The normalized spacial score (nSPS) is 19.2. The number of benzene rings is 1. The number of nitrogens with zero attached hydrogens (tertiary/aromatic N) is 1. The van der Waals surface area contributed by atoms with Gasteiger partial charge in [0, 0.05) is 35.0 Å². The first-order chi connectivity index (χ1) is 14.5. The molecule has 4 rings (SSSR count). The minimum Gasteiger partial charge on any atom is -0.379 e. The summed E-state index contributed by atoms with van der Waals surface area (Å²) in [5.74, 6) is -2.00. The van der Waals surface area contributed by atoms with Crippen LogP contribution in [0.25, 0.3) is 23.3 Å². The highest BCUT2D eigenvalue weighted by atomic mass is 32.2. The Morgan fingerprint density at radius 3 is 2.70 bits per heavy atom. The molecular formula is C21H18F2N2O2S3. The van der Waals surface area contributed by atoms with E-state index in [0.29, 0.717) is 14.8 Å². The fourth-order valence-corrected chi connectivity index (χ4v) is 5.32. The summed E-state index contributed by atoms with van der Waals surface area (Å²) < 4.78 is 33.0. The van der Waals surface area contributed by atoms with Crippen LogP contribution in [-0.2, 0) is 9.53 Å². The van der Waals surface area contributed by atoms with E-state index in [2.05, 4.69) is 16.3 Å². The van der Waals surface area contributed by atoms with Crippen molar-refractivity contribution in [1.82, 2.24) is 10.2 Å². The van der Waals surface area contributed by atoms with Crippen molar-refractivity contribution in [1.29, 1.82) is 0 Å². The van der Waals surface area contributed by atoms with Gasteiger partial charge in [0.2, 0.25) is 0 Å². The number of rotatable bonds is 5. The summed E-state index contributed by atoms with van der Waals surface area (Å²) in [6.45, 7) is 4.00. The Bertz CT molecular complexity index is 1040. The number of morpholine rings is 1. The number of halogens is 2. The maximum Gasteiger partial charge on any atom is 0.263 e. The number of amides is 1. The van der Waals surface area contributed by atoms with Crippen molar-refractivity contribution in [2.75, 3.05) is 32.8 Å². The lowest BCUT2D eigenvalue weighted by atomic mass is 10.1. The predicted octanol–water partition coefficient (Wildman–Crippen LogP) is 4.53. The molecule has 0 aliphatic carbocycles. The van der Waals surface area contributed by atoms with Gasteiger partial charge in [-0.05, 0) is 35.9 Å². The van der Waals surface area contributed by atoms with E-state index in [1.165, 1.54) is 29.2 Å². The molecule has 1 aromatic heterocycles. The first kappa shape index (κ1) is 21.3. The number of carbonyl (C=O) groups excluding carboxylic acids is 1. The molecule has 0 radical (unpaired) electrons. The molecule has 2 aliphatic heterocycles. The first-order valence-corrected chi connectivity index (χ1v) is 11.3. The average Bonchev–Trinajstić information content (AvgIpc) is 3.27. The van der Waals surface area contributed by atoms with E-state index in [-0.39, 0.29) is 5.91 Å². The van der Waals surface area contributed by atoms with Crippen molar-refractivity contribution >= 4 is 57.7 Å². The van der Waals surface area contributed by atoms with Gasteiger partial charge in [-0.1, -0.05) is 36.1 Å². The minimum atomic E-state index is -0.891. The van der Waals surface area contributed by atoms with Crippen molar-refractivity contribution in [2.45, 2.75) is 0 Å². The average molecular weight is 465 g/mol. The predicted molar refractivity (Wildman–Crippen MR) is 122 cm³/mol. The van der Waals surface area contributed by atoms with Crippen molar-refractivity contribution in [2.24, 2.45) is 0 Å². The van der Waals surface area contributed by atoms with Crippen LogP contribution >= 0.6 is 35.3 Å². The smallest absolute Gasteiger partial charge is 0.263 e. The van der Waals surface area contributed by atoms with Gasteiger partial charge in [0.25, 0.3) is 5.91 Å². The standard InChI is InChI=1S/C21H18F2N2O2S3/c22-16-4-3-13(10-17(16)23)15-11-14(12-19-20(26)24-21(28)30-19)29-18(15)2-1-5-25-6-8-27-9-7-25/h1-4,10-12H,5-9H2,(H,24,26,28). The monoisotopic (exact) mass is 464 g/mol. The molecule has 0 atom stereocenters. The van der Waals surface area contributed by atoms with E-state index in [1.807, 2.05) is 12.1 Å². The van der Waals surface area contributed by atoms with Crippen molar-refractivity contribution in [3.05, 3.63) is 56.6 Å². The summed E-state index contributed by atoms with van der Waals surface area (Å²) >= 11 is 7.73. The number of thiocarbonyl (C=S) groups is 1. The minimum absolute atomic E-state index is 0.225. The van der Waals surface area contributed by atoms with Crippen LogP contribution in [0.5, 0.6) is 0 Å². The van der Waals surface area contributed by atoms with E-state index in [1.54, 1.807) is 12.1 Å². The van der Waals surface area contributed by atoms with Crippen LogP contribution < -0.4 is 5.32 Å². The summed E-state index contributed by atoms with van der Waals surface area (Å²) in [7, 11) is 0. The molecule has 1 amide bonds. The number of carbonyl (C=O) groups is 1. The molecule has 2 saturated heterocycles. The molecule has 1 N–H and O–H groups in total. The number of hydrogen-bond acceptors (Lipinski definition) is 6. The highest BCUT2D eigenvalue weighted by Gasteiger charge is 2.22. The maximum atomic E-state index is 13.8. The van der Waals surface area contributed by atoms with Crippen molar-refractivity contribution in [3.63, 3.8) is 0 Å². The van der Waals surface area contributed by atoms with Crippen LogP contribution in [0.4, 0.5) is 8.78 Å². The second kappa shape index (κ2) is 9.49. The van der Waals surface area contributed by atoms with Gasteiger partial charge in [0.15, 0.2) is 11.6 Å². The Labute approximate surface area is 186 Å². The third-order valence-corrected chi connectivity index (χ3v) is 6.87. The summed E-state index contributed by atoms with van der Waals surface area (Å²) in [6, 6.07) is 5.76. The SMILES string of the molecule is O=C1NC(=S)SC1=Cc1cc(-c2ccc(F)c(F)c2)c(C=CCN2CCOCC2)s1. The van der Waals surface area contributed by atoms with Gasteiger partial charge in [-0.3, -0.25) is 9.69 Å². The lowest BCUT2D eigenvalue weighted by Gasteiger charge is -2.25. The van der Waals surface area contributed by atoms with Crippen molar-refractivity contribution < 1.29 is 18.3 Å². The fourth-order valence-electron chi connectivity index (χ4n) is 3.15. The zero-order chi connectivity index (χ0) is 21.1. The maximum absolute atomic E-state index is 13.8. The van der Waals surface area contributed by atoms with Crippen LogP contribution in [0.1, 0.15) is 9.75 Å². The fraction of sp³-hybridized carbons (Fsp3) is 0.238. The number of thiophene rings is 1. The van der Waals surface area contributed by atoms with Gasteiger partial charge >= 0.3 is 0 Å². The zero-order valence-corrected chi connectivity index (χ0v) is 18.3. The van der Waals surface area contributed by atoms with Gasteiger partial charge in [0.05, 0.1) is 18.1 Å². The molecule has 2 aliphatic rings. The highest BCUT2D eigenvalue weighted by Crippen LogP contribution is 2.36. The Morgan fingerprint density at radius 2 is 2.00 bits per heavy atom. The van der Waals surface area contributed by atoms with E-state index in [4.69, 9.17) is 17.0 Å². The van der Waals surface area contributed by atoms with Crippen LogP contribution in [0.15, 0.2) is 35.2 Å². The molecule has 4 nitrogen and oxygen atoms in total. The van der Waals surface area contributed by atoms with Gasteiger partial charge in [-0.25, -0.2) is 8.78 Å². The van der Waals surface area contributed by atoms with E-state index in [9.17, 15) is 13.6 Å². The van der Waals surface area contributed by atoms with Crippen molar-refractivity contribution in [3.8, 4) is 11.1 Å². The molecule has 30 heavy (non-hydrogen) atoms. The molecule has 2 aromatic rings. The molecule has 0 unspecified atom stereocenters. The lowest BCUT2D eigenvalue weighted by Crippen LogP contribution is -2.36. The Balaban J connectivity index is 1.64. The van der Waals surface area contributed by atoms with Gasteiger partial charge in [-0.15, -0.1) is 11.3 Å². The van der Waals surface area contributed by atoms with E-state index in [0.717, 1.165) is 54.2 Å². The second-order valence-corrected chi connectivity index (χ2v) is 9.56. The van der Waals surface area contributed by atoms with Crippen LogP contribution in [0, 0.1) is 11.6 Å². The van der Waals surface area contributed by atoms with Crippen LogP contribution in [0.3, 0.4) is 0 Å². The molecular weight excluding hydrogens is 446 g/mol. The quantitative estimate of drug-likeness (QED) is 0.520. The number of hydrogen-bond donors (Lipinski definition) is 1. The third-order valence-electron chi connectivity index (χ3n) is 4.66. The highest BCUT2D eigenvalue weighted by molar-refractivity contribution is 8.26. The Morgan fingerprint density at radius 1 is 1.20 bits per heavy atom. The molecule has 9 heteroatoms. The van der Waals surface area contributed by atoms with Gasteiger partial charge in [-0.2, -0.15) is 0 Å². The molecule has 0 spiro atoms. The Kier molecular flexibility index (Phi) is 6.74. The zero-order valence-electron chi connectivity index (χ0n) is 15.8. The molecule has 0 bridgehead atoms. The summed E-state index contributed by atoms with van der Waals surface area (Å²) in [6.07, 6.45) is 5.82. The molecule has 3 heterocycles. The van der Waals surface area contributed by atoms with Gasteiger partial charge < -0.3 is 10.1 Å². The van der Waals surface area contributed by atoms with Crippen LogP contribution in [0.2, 0.25) is 0 Å². The third kappa shape index (κ3) is 5.04. The molecule has 1 aromatic carbocycles. The summed E-state index contributed by atoms with van der Waals surface area (Å²) in [4.78, 5) is 16.5. The summed E-state index contributed by atoms with van der Waals surface area (Å²) in [5, 5.41) is 2.60. The molecule has 156 valence electrons.